The zero-order valence-corrected chi connectivity index (χ0v) is 14.4. The van der Waals surface area contributed by atoms with E-state index in [2.05, 4.69) is 37.5 Å². The molecule has 0 radical (unpaired) electrons. The zero-order valence-electron chi connectivity index (χ0n) is 8.92. The maximum Gasteiger partial charge on any atom is 0.319 e. The van der Waals surface area contributed by atoms with Crippen molar-refractivity contribution < 1.29 is 50.4 Å². The fourth-order valence-electron chi connectivity index (χ4n) is 0.354. The van der Waals surface area contributed by atoms with Crippen LogP contribution in [0.2, 0.25) is 0 Å². The third kappa shape index (κ3) is 244. The summed E-state index contributed by atoms with van der Waals surface area (Å²) in [7, 11) is 0. The van der Waals surface area contributed by atoms with Crippen molar-refractivity contribution in [2.45, 2.75) is 33.1 Å². The minimum Gasteiger partial charge on any atom is -0.325 e. The second-order valence-electron chi connectivity index (χ2n) is 2.38. The Kier molecular flexibility index (Phi) is 24.4. The van der Waals surface area contributed by atoms with Crippen LogP contribution in [0.25, 0.3) is 0 Å². The van der Waals surface area contributed by atoms with Gasteiger partial charge in [0.2, 0.25) is 0 Å². The van der Waals surface area contributed by atoms with Crippen LogP contribution in [0.1, 0.15) is 33.1 Å². The SMILES string of the molecule is CCCCC.OP(O)(O)=S.OP(O)(O)=S.[Mo]. The second-order valence-corrected chi connectivity index (χ2v) is 7.37. The molecule has 0 aliphatic carbocycles. The van der Waals surface area contributed by atoms with E-state index in [1.807, 2.05) is 0 Å². The van der Waals surface area contributed by atoms with Crippen molar-refractivity contribution in [2.24, 2.45) is 0 Å². The third-order valence-electron chi connectivity index (χ3n) is 0.707. The normalized spacial score (nSPS) is 10.0. The fourth-order valence-corrected chi connectivity index (χ4v) is 0.354. The maximum absolute atomic E-state index is 7.56. The van der Waals surface area contributed by atoms with Gasteiger partial charge >= 0.3 is 13.4 Å². The molecule has 6 nitrogen and oxygen atoms in total. The summed E-state index contributed by atoms with van der Waals surface area (Å²) in [5, 5.41) is 0. The molecule has 0 atom stereocenters. The molecule has 0 aliphatic rings. The molecule has 0 bridgehead atoms. The predicted octanol–water partition coefficient (Wildman–Crippen LogP) is 0.570. The molecule has 0 heterocycles. The average molecular weight is 396 g/mol. The molecule has 0 amide bonds. The summed E-state index contributed by atoms with van der Waals surface area (Å²) >= 11 is 7.21. The van der Waals surface area contributed by atoms with Crippen molar-refractivity contribution in [1.29, 1.82) is 0 Å². The molecule has 0 aromatic carbocycles. The third-order valence-corrected chi connectivity index (χ3v) is 0.707. The summed E-state index contributed by atoms with van der Waals surface area (Å²) in [4.78, 5) is 45.3. The first-order chi connectivity index (χ1) is 6.41. The van der Waals surface area contributed by atoms with Crippen molar-refractivity contribution in [2.75, 3.05) is 0 Å². The van der Waals surface area contributed by atoms with Gasteiger partial charge in [-0.1, -0.05) is 33.1 Å². The van der Waals surface area contributed by atoms with Gasteiger partial charge < -0.3 is 29.4 Å². The van der Waals surface area contributed by atoms with E-state index in [-0.39, 0.29) is 21.1 Å². The topological polar surface area (TPSA) is 121 Å². The van der Waals surface area contributed by atoms with Gasteiger partial charge in [0.15, 0.2) is 0 Å². The molecule has 0 aromatic heterocycles. The summed E-state index contributed by atoms with van der Waals surface area (Å²) < 4.78 is 0. The Labute approximate surface area is 120 Å². The first-order valence-corrected chi connectivity index (χ1v) is 9.30. The minimum atomic E-state index is -3.81. The van der Waals surface area contributed by atoms with Crippen molar-refractivity contribution in [3.8, 4) is 0 Å². The van der Waals surface area contributed by atoms with Gasteiger partial charge in [-0.15, -0.1) is 0 Å². The number of rotatable bonds is 2. The monoisotopic (exact) mass is 398 g/mol. The molecule has 0 saturated carbocycles. The Balaban J connectivity index is -0.0000000655. The largest absolute Gasteiger partial charge is 0.325 e. The Bertz CT molecular complexity index is 178. The first-order valence-electron chi connectivity index (χ1n) is 3.98. The molecule has 0 saturated heterocycles. The number of hydrogen-bond donors (Lipinski definition) is 6. The van der Waals surface area contributed by atoms with E-state index in [1.54, 1.807) is 0 Å². The van der Waals surface area contributed by atoms with Gasteiger partial charge in [0.25, 0.3) is 0 Å². The van der Waals surface area contributed by atoms with Gasteiger partial charge in [-0.2, -0.15) is 0 Å². The van der Waals surface area contributed by atoms with E-state index in [1.165, 1.54) is 19.3 Å². The average Bonchev–Trinajstić information content (AvgIpc) is 1.80. The molecular formula is C5H18MoO6P2S2. The van der Waals surface area contributed by atoms with Gasteiger partial charge in [0.1, 0.15) is 0 Å². The summed E-state index contributed by atoms with van der Waals surface area (Å²) in [5.41, 5.74) is 0. The minimum absolute atomic E-state index is 0. The van der Waals surface area contributed by atoms with Crippen LogP contribution in [0.4, 0.5) is 0 Å². The van der Waals surface area contributed by atoms with Gasteiger partial charge in [0, 0.05) is 21.1 Å². The molecule has 11 heteroatoms. The van der Waals surface area contributed by atoms with E-state index in [0.29, 0.717) is 0 Å². The van der Waals surface area contributed by atoms with Crippen LogP contribution >= 0.6 is 13.4 Å². The van der Waals surface area contributed by atoms with Gasteiger partial charge in [-0.25, -0.2) is 0 Å². The molecule has 102 valence electrons. The molecule has 0 rings (SSSR count). The molecule has 16 heavy (non-hydrogen) atoms. The molecular weight excluding hydrogens is 378 g/mol. The van der Waals surface area contributed by atoms with E-state index < -0.39 is 13.4 Å². The smallest absolute Gasteiger partial charge is 0.319 e. The molecule has 0 unspecified atom stereocenters. The summed E-state index contributed by atoms with van der Waals surface area (Å²) in [6.07, 6.45) is 4.08. The summed E-state index contributed by atoms with van der Waals surface area (Å²) in [6, 6.07) is 0. The second kappa shape index (κ2) is 14.8. The maximum atomic E-state index is 7.56. The standard InChI is InChI=1S/C5H12.Mo.2H3O3PS/c1-3-5-4-2;;2*1-4(2,3)5/h3-5H2,1-2H3;;2*(H3,1,2,3,5). The molecule has 0 aromatic rings. The fraction of sp³-hybridized carbons (Fsp3) is 1.00. The van der Waals surface area contributed by atoms with Crippen molar-refractivity contribution in [3.63, 3.8) is 0 Å². The quantitative estimate of drug-likeness (QED) is 0.296. The summed E-state index contributed by atoms with van der Waals surface area (Å²) in [5.74, 6) is 0. The van der Waals surface area contributed by atoms with Crippen LogP contribution in [0.15, 0.2) is 0 Å². The van der Waals surface area contributed by atoms with E-state index >= 15 is 0 Å². The van der Waals surface area contributed by atoms with Crippen molar-refractivity contribution in [3.05, 3.63) is 0 Å². The molecule has 0 fully saturated rings. The van der Waals surface area contributed by atoms with Gasteiger partial charge in [0.05, 0.1) is 0 Å². The van der Waals surface area contributed by atoms with Gasteiger partial charge in [-0.3, -0.25) is 0 Å². The van der Waals surface area contributed by atoms with Crippen molar-refractivity contribution >= 4 is 37.1 Å². The Morgan fingerprint density at radius 2 is 0.875 bits per heavy atom. The zero-order chi connectivity index (χ0) is 13.1. The van der Waals surface area contributed by atoms with Crippen LogP contribution in [-0.4, -0.2) is 29.4 Å². The Morgan fingerprint density at radius 1 is 0.750 bits per heavy atom. The van der Waals surface area contributed by atoms with Crippen LogP contribution in [-0.2, 0) is 44.7 Å². The molecule has 6 N–H and O–H groups in total. The van der Waals surface area contributed by atoms with E-state index in [9.17, 15) is 0 Å². The Hall–Kier alpha value is 1.75. The van der Waals surface area contributed by atoms with Crippen molar-refractivity contribution in [1.82, 2.24) is 0 Å². The predicted molar refractivity (Wildman–Crippen MR) is 67.1 cm³/mol. The van der Waals surface area contributed by atoms with Crippen LogP contribution < -0.4 is 0 Å². The molecule has 0 aliphatic heterocycles. The molecule has 0 spiro atoms. The number of unbranched alkanes of at least 4 members (excludes halogenated alkanes) is 2. The van der Waals surface area contributed by atoms with Gasteiger partial charge in [-0.05, 0) is 23.6 Å². The number of hydrogen-bond acceptors (Lipinski definition) is 2. The van der Waals surface area contributed by atoms with Crippen LogP contribution in [0.3, 0.4) is 0 Å². The summed E-state index contributed by atoms with van der Waals surface area (Å²) in [6.45, 7) is -3.19. The first kappa shape index (κ1) is 26.3. The van der Waals surface area contributed by atoms with E-state index in [4.69, 9.17) is 29.4 Å². The van der Waals surface area contributed by atoms with E-state index in [0.717, 1.165) is 0 Å². The van der Waals surface area contributed by atoms with Crippen LogP contribution in [0, 0.1) is 0 Å². The van der Waals surface area contributed by atoms with Crippen LogP contribution in [0.5, 0.6) is 0 Å². The Morgan fingerprint density at radius 3 is 0.875 bits per heavy atom.